The van der Waals surface area contributed by atoms with Gasteiger partial charge in [-0.2, -0.15) is 5.26 Å². The molecule has 1 aliphatic rings. The van der Waals surface area contributed by atoms with E-state index in [-0.39, 0.29) is 5.56 Å². The fourth-order valence-corrected chi connectivity index (χ4v) is 3.15. The predicted octanol–water partition coefficient (Wildman–Crippen LogP) is 5.24. The summed E-state index contributed by atoms with van der Waals surface area (Å²) in [5, 5.41) is 8.68. The molecule has 1 aliphatic carbocycles. The minimum Gasteiger partial charge on any atom is -0.489 e. The highest BCUT2D eigenvalue weighted by Crippen LogP contribution is 2.32. The molecule has 0 bridgehead atoms. The largest absolute Gasteiger partial charge is 0.489 e. The lowest BCUT2D eigenvalue weighted by molar-refractivity contribution is 0.292. The summed E-state index contributed by atoms with van der Waals surface area (Å²) in [6, 6.07) is 6.15. The van der Waals surface area contributed by atoms with Crippen molar-refractivity contribution in [3.05, 3.63) is 41.7 Å². The maximum atomic E-state index is 13.4. The Labute approximate surface area is 132 Å². The molecule has 22 heavy (non-hydrogen) atoms. The van der Waals surface area contributed by atoms with Gasteiger partial charge in [0.05, 0.1) is 5.56 Å². The monoisotopic (exact) mass is 301 g/mol. The summed E-state index contributed by atoms with van der Waals surface area (Å²) in [7, 11) is 0. The summed E-state index contributed by atoms with van der Waals surface area (Å²) in [6.45, 7) is 2.70. The Morgan fingerprint density at radius 1 is 1.32 bits per heavy atom. The lowest BCUT2D eigenvalue weighted by atomic mass is 9.80. The molecule has 0 heterocycles. The van der Waals surface area contributed by atoms with Gasteiger partial charge >= 0.3 is 0 Å². The van der Waals surface area contributed by atoms with Crippen LogP contribution in [0.5, 0.6) is 5.75 Å². The molecule has 0 amide bonds. The van der Waals surface area contributed by atoms with E-state index in [0.717, 1.165) is 5.92 Å². The van der Waals surface area contributed by atoms with Gasteiger partial charge in [0.25, 0.3) is 0 Å². The number of nitriles is 1. The molecular formula is C19H24FNO. The maximum Gasteiger partial charge on any atom is 0.144 e. The van der Waals surface area contributed by atoms with Crippen molar-refractivity contribution in [1.29, 1.82) is 5.26 Å². The number of nitrogens with zero attached hydrogens (tertiary/aromatic N) is 1. The molecule has 2 rings (SSSR count). The van der Waals surface area contributed by atoms with Crippen molar-refractivity contribution < 1.29 is 9.13 Å². The van der Waals surface area contributed by atoms with Gasteiger partial charge in [-0.3, -0.25) is 0 Å². The minimum atomic E-state index is -0.529. The van der Waals surface area contributed by atoms with Gasteiger partial charge in [0.15, 0.2) is 0 Å². The molecule has 1 fully saturated rings. The maximum absolute atomic E-state index is 13.4. The van der Waals surface area contributed by atoms with Gasteiger partial charge in [0.1, 0.15) is 24.2 Å². The highest BCUT2D eigenvalue weighted by Gasteiger charge is 2.18. The van der Waals surface area contributed by atoms with E-state index in [2.05, 4.69) is 13.0 Å². The number of hydrogen-bond acceptors (Lipinski definition) is 2. The van der Waals surface area contributed by atoms with Crippen molar-refractivity contribution in [2.45, 2.75) is 45.4 Å². The quantitative estimate of drug-likeness (QED) is 0.673. The van der Waals surface area contributed by atoms with E-state index in [9.17, 15) is 4.39 Å². The van der Waals surface area contributed by atoms with E-state index in [1.165, 1.54) is 50.7 Å². The SMILES string of the molecule is CCCC1CCC(/C=C/COc2ccc(C#N)c(F)c2)CC1. The summed E-state index contributed by atoms with van der Waals surface area (Å²) in [5.41, 5.74) is 0.0479. The molecule has 0 aliphatic heterocycles. The highest BCUT2D eigenvalue weighted by atomic mass is 19.1. The molecule has 0 atom stereocenters. The van der Waals surface area contributed by atoms with Gasteiger partial charge in [0.2, 0.25) is 0 Å². The van der Waals surface area contributed by atoms with Crippen molar-refractivity contribution in [3.8, 4) is 11.8 Å². The zero-order chi connectivity index (χ0) is 15.8. The molecule has 1 aromatic rings. The van der Waals surface area contributed by atoms with E-state index < -0.39 is 5.82 Å². The van der Waals surface area contributed by atoms with Crippen LogP contribution in [-0.4, -0.2) is 6.61 Å². The summed E-state index contributed by atoms with van der Waals surface area (Å²) in [5.74, 6) is 1.52. The van der Waals surface area contributed by atoms with E-state index in [1.807, 2.05) is 6.08 Å². The Hall–Kier alpha value is -1.82. The first-order valence-corrected chi connectivity index (χ1v) is 8.22. The summed E-state index contributed by atoms with van der Waals surface area (Å²) in [6.07, 6.45) is 12.1. The van der Waals surface area contributed by atoms with Crippen molar-refractivity contribution in [3.63, 3.8) is 0 Å². The van der Waals surface area contributed by atoms with Crippen LogP contribution in [0.1, 0.15) is 51.0 Å². The Balaban J connectivity index is 1.73. The van der Waals surface area contributed by atoms with Gasteiger partial charge in [-0.1, -0.05) is 31.9 Å². The number of ether oxygens (including phenoxy) is 1. The minimum absolute atomic E-state index is 0.0479. The van der Waals surface area contributed by atoms with Crippen LogP contribution >= 0.6 is 0 Å². The van der Waals surface area contributed by atoms with Crippen LogP contribution in [0.2, 0.25) is 0 Å². The Bertz CT molecular complexity index is 539. The smallest absolute Gasteiger partial charge is 0.144 e. The van der Waals surface area contributed by atoms with Crippen molar-refractivity contribution in [1.82, 2.24) is 0 Å². The first-order chi connectivity index (χ1) is 10.7. The van der Waals surface area contributed by atoms with Crippen LogP contribution in [0.25, 0.3) is 0 Å². The first kappa shape index (κ1) is 16.5. The molecule has 3 heteroatoms. The molecule has 0 unspecified atom stereocenters. The third kappa shape index (κ3) is 4.87. The lowest BCUT2D eigenvalue weighted by Crippen LogP contribution is -2.13. The second kappa shape index (κ2) is 8.58. The summed E-state index contributed by atoms with van der Waals surface area (Å²) < 4.78 is 18.9. The van der Waals surface area contributed by atoms with E-state index >= 15 is 0 Å². The third-order valence-corrected chi connectivity index (χ3v) is 4.40. The van der Waals surface area contributed by atoms with Crippen LogP contribution < -0.4 is 4.74 Å². The zero-order valence-corrected chi connectivity index (χ0v) is 13.2. The molecule has 2 nitrogen and oxygen atoms in total. The second-order valence-corrected chi connectivity index (χ2v) is 6.06. The molecular weight excluding hydrogens is 277 g/mol. The van der Waals surface area contributed by atoms with E-state index in [0.29, 0.717) is 18.3 Å². The zero-order valence-electron chi connectivity index (χ0n) is 13.2. The topological polar surface area (TPSA) is 33.0 Å². The molecule has 0 aromatic heterocycles. The Kier molecular flexibility index (Phi) is 6.45. The number of hydrogen-bond donors (Lipinski definition) is 0. The average molecular weight is 301 g/mol. The molecule has 1 saturated carbocycles. The molecule has 0 radical (unpaired) electrons. The molecule has 0 spiro atoms. The van der Waals surface area contributed by atoms with Crippen LogP contribution in [0.15, 0.2) is 30.4 Å². The normalized spacial score (nSPS) is 21.7. The van der Waals surface area contributed by atoms with E-state index in [1.54, 1.807) is 12.1 Å². The van der Waals surface area contributed by atoms with Crippen molar-refractivity contribution in [2.24, 2.45) is 11.8 Å². The standard InChI is InChI=1S/C19H24FNO/c1-2-4-15-6-8-16(9-7-15)5-3-12-22-18-11-10-17(14-21)19(20)13-18/h3,5,10-11,13,15-16H,2,4,6-9,12H2,1H3/b5-3+. The van der Waals surface area contributed by atoms with E-state index in [4.69, 9.17) is 10.00 Å². The van der Waals surface area contributed by atoms with Crippen molar-refractivity contribution >= 4 is 0 Å². The number of benzene rings is 1. The molecule has 0 N–H and O–H groups in total. The van der Waals surface area contributed by atoms with Crippen LogP contribution in [0, 0.1) is 29.0 Å². The lowest BCUT2D eigenvalue weighted by Gasteiger charge is -2.26. The summed E-state index contributed by atoms with van der Waals surface area (Å²) >= 11 is 0. The van der Waals surface area contributed by atoms with Crippen LogP contribution in [0.3, 0.4) is 0 Å². The second-order valence-electron chi connectivity index (χ2n) is 6.06. The third-order valence-electron chi connectivity index (χ3n) is 4.40. The Morgan fingerprint density at radius 3 is 2.73 bits per heavy atom. The van der Waals surface area contributed by atoms with Gasteiger partial charge in [0, 0.05) is 6.07 Å². The fraction of sp³-hybridized carbons (Fsp3) is 0.526. The fourth-order valence-electron chi connectivity index (χ4n) is 3.15. The number of rotatable bonds is 6. The molecule has 118 valence electrons. The molecule has 0 saturated heterocycles. The average Bonchev–Trinajstić information content (AvgIpc) is 2.53. The highest BCUT2D eigenvalue weighted by molar-refractivity contribution is 5.36. The summed E-state index contributed by atoms with van der Waals surface area (Å²) in [4.78, 5) is 0. The van der Waals surface area contributed by atoms with Gasteiger partial charge in [-0.15, -0.1) is 0 Å². The number of allylic oxidation sites excluding steroid dienone is 1. The van der Waals surface area contributed by atoms with Crippen molar-refractivity contribution in [2.75, 3.05) is 6.61 Å². The predicted molar refractivity (Wildman–Crippen MR) is 86.1 cm³/mol. The van der Waals surface area contributed by atoms with Crippen LogP contribution in [-0.2, 0) is 0 Å². The molecule has 1 aromatic carbocycles. The van der Waals surface area contributed by atoms with Gasteiger partial charge in [-0.05, 0) is 49.7 Å². The van der Waals surface area contributed by atoms with Crippen LogP contribution in [0.4, 0.5) is 4.39 Å². The number of halogens is 1. The first-order valence-electron chi connectivity index (χ1n) is 8.22. The Morgan fingerprint density at radius 2 is 2.09 bits per heavy atom. The van der Waals surface area contributed by atoms with Gasteiger partial charge < -0.3 is 4.74 Å². The van der Waals surface area contributed by atoms with Gasteiger partial charge in [-0.25, -0.2) is 4.39 Å².